The SMILES string of the molecule is C=C(C)CNC(=NCC(=O)N(C)C)N1CC=C(c2ccc(OCC)cc2)CC1.I. The van der Waals surface area contributed by atoms with Crippen LogP contribution in [-0.4, -0.2) is 68.5 Å². The van der Waals surface area contributed by atoms with Gasteiger partial charge in [-0.15, -0.1) is 24.0 Å². The molecule has 0 aromatic heterocycles. The maximum Gasteiger partial charge on any atom is 0.243 e. The first-order valence-corrected chi connectivity index (χ1v) is 9.70. The monoisotopic (exact) mass is 512 g/mol. The summed E-state index contributed by atoms with van der Waals surface area (Å²) < 4.78 is 5.52. The molecule has 0 fully saturated rings. The van der Waals surface area contributed by atoms with Crippen LogP contribution in [0.5, 0.6) is 5.75 Å². The lowest BCUT2D eigenvalue weighted by molar-refractivity contribution is -0.127. The lowest BCUT2D eigenvalue weighted by atomic mass is 9.99. The van der Waals surface area contributed by atoms with E-state index in [0.717, 1.165) is 36.8 Å². The highest BCUT2D eigenvalue weighted by Gasteiger charge is 2.17. The summed E-state index contributed by atoms with van der Waals surface area (Å²) in [5.41, 5.74) is 3.57. The van der Waals surface area contributed by atoms with Gasteiger partial charge in [-0.25, -0.2) is 4.99 Å². The molecular formula is C22H33IN4O2. The minimum absolute atomic E-state index is 0. The van der Waals surface area contributed by atoms with Gasteiger partial charge in [-0.3, -0.25) is 4.79 Å². The predicted octanol–water partition coefficient (Wildman–Crippen LogP) is 3.40. The second-order valence-corrected chi connectivity index (χ2v) is 7.12. The number of likely N-dealkylation sites (N-methyl/N-ethyl adjacent to an activating group) is 1. The van der Waals surface area contributed by atoms with Gasteiger partial charge in [-0.1, -0.05) is 30.4 Å². The highest BCUT2D eigenvalue weighted by Crippen LogP contribution is 2.24. The summed E-state index contributed by atoms with van der Waals surface area (Å²) in [5.74, 6) is 1.63. The number of aliphatic imine (C=N–C) groups is 1. The molecule has 6 nitrogen and oxygen atoms in total. The average Bonchev–Trinajstić information content (AvgIpc) is 2.68. The molecule has 1 heterocycles. The number of amides is 1. The number of rotatable bonds is 7. The summed E-state index contributed by atoms with van der Waals surface area (Å²) in [7, 11) is 3.48. The Balaban J connectivity index is 0.00000420. The van der Waals surface area contributed by atoms with Crippen molar-refractivity contribution in [1.82, 2.24) is 15.1 Å². The number of halogens is 1. The van der Waals surface area contributed by atoms with E-state index < -0.39 is 0 Å². The second kappa shape index (κ2) is 12.5. The number of guanidine groups is 1. The summed E-state index contributed by atoms with van der Waals surface area (Å²) >= 11 is 0. The summed E-state index contributed by atoms with van der Waals surface area (Å²) in [5, 5.41) is 3.32. The molecule has 0 atom stereocenters. The van der Waals surface area contributed by atoms with E-state index in [1.54, 1.807) is 19.0 Å². The number of nitrogens with zero attached hydrogens (tertiary/aromatic N) is 3. The minimum Gasteiger partial charge on any atom is -0.494 e. The number of nitrogens with one attached hydrogen (secondary N) is 1. The van der Waals surface area contributed by atoms with Gasteiger partial charge in [0.2, 0.25) is 5.91 Å². The van der Waals surface area contributed by atoms with Gasteiger partial charge in [-0.2, -0.15) is 0 Å². The molecule has 1 aromatic rings. The van der Waals surface area contributed by atoms with E-state index >= 15 is 0 Å². The van der Waals surface area contributed by atoms with Crippen molar-refractivity contribution < 1.29 is 9.53 Å². The second-order valence-electron chi connectivity index (χ2n) is 7.12. The van der Waals surface area contributed by atoms with Gasteiger partial charge in [0.1, 0.15) is 12.3 Å². The number of ether oxygens (including phenoxy) is 1. The predicted molar refractivity (Wildman–Crippen MR) is 131 cm³/mol. The van der Waals surface area contributed by atoms with Crippen LogP contribution >= 0.6 is 24.0 Å². The Morgan fingerprint density at radius 1 is 1.31 bits per heavy atom. The Morgan fingerprint density at radius 2 is 2.00 bits per heavy atom. The topological polar surface area (TPSA) is 57.2 Å². The van der Waals surface area contributed by atoms with Crippen molar-refractivity contribution >= 4 is 41.4 Å². The summed E-state index contributed by atoms with van der Waals surface area (Å²) in [4.78, 5) is 20.2. The van der Waals surface area contributed by atoms with Crippen LogP contribution in [0.1, 0.15) is 25.8 Å². The number of benzene rings is 1. The Bertz CT molecular complexity index is 742. The molecule has 1 aromatic carbocycles. The summed E-state index contributed by atoms with van der Waals surface area (Å²) in [6, 6.07) is 8.24. The molecule has 29 heavy (non-hydrogen) atoms. The standard InChI is InChI=1S/C22H32N4O2.HI/c1-6-28-20-9-7-18(8-10-20)19-11-13-26(14-12-19)22(23-15-17(2)3)24-16-21(27)25(4)5;/h7-11H,2,6,12-16H2,1,3-5H3,(H,23,24);1H. The third-order valence-electron chi connectivity index (χ3n) is 4.46. The molecule has 1 N–H and O–H groups in total. The van der Waals surface area contributed by atoms with Crippen molar-refractivity contribution in [2.45, 2.75) is 20.3 Å². The van der Waals surface area contributed by atoms with Crippen molar-refractivity contribution in [3.05, 3.63) is 48.1 Å². The van der Waals surface area contributed by atoms with E-state index in [1.807, 2.05) is 26.0 Å². The van der Waals surface area contributed by atoms with E-state index in [4.69, 9.17) is 4.74 Å². The number of carbonyl (C=O) groups excluding carboxylic acids is 1. The van der Waals surface area contributed by atoms with E-state index in [1.165, 1.54) is 11.1 Å². The molecular weight excluding hydrogens is 479 g/mol. The molecule has 1 aliphatic rings. The fourth-order valence-electron chi connectivity index (χ4n) is 2.84. The third-order valence-corrected chi connectivity index (χ3v) is 4.46. The smallest absolute Gasteiger partial charge is 0.243 e. The first-order valence-electron chi connectivity index (χ1n) is 9.70. The Labute approximate surface area is 191 Å². The number of hydrogen-bond acceptors (Lipinski definition) is 3. The van der Waals surface area contributed by atoms with Crippen LogP contribution < -0.4 is 10.1 Å². The van der Waals surface area contributed by atoms with E-state index in [2.05, 4.69) is 40.0 Å². The molecule has 0 bridgehead atoms. The van der Waals surface area contributed by atoms with Crippen LogP contribution in [0.2, 0.25) is 0 Å². The quantitative estimate of drug-likeness (QED) is 0.264. The Morgan fingerprint density at radius 3 is 2.52 bits per heavy atom. The number of carbonyl (C=O) groups is 1. The third kappa shape index (κ3) is 8.08. The molecule has 0 spiro atoms. The van der Waals surface area contributed by atoms with E-state index in [-0.39, 0.29) is 36.4 Å². The Hall–Kier alpha value is -2.03. The van der Waals surface area contributed by atoms with Crippen LogP contribution in [0.25, 0.3) is 5.57 Å². The van der Waals surface area contributed by atoms with Crippen molar-refractivity contribution in [3.63, 3.8) is 0 Å². The van der Waals surface area contributed by atoms with Gasteiger partial charge < -0.3 is 19.9 Å². The molecule has 160 valence electrons. The van der Waals surface area contributed by atoms with Crippen LogP contribution in [0.15, 0.2) is 47.5 Å². The minimum atomic E-state index is -0.0164. The van der Waals surface area contributed by atoms with Gasteiger partial charge in [0.05, 0.1) is 6.61 Å². The van der Waals surface area contributed by atoms with Crippen LogP contribution in [-0.2, 0) is 4.79 Å². The van der Waals surface area contributed by atoms with Crippen molar-refractivity contribution in [2.24, 2.45) is 4.99 Å². The van der Waals surface area contributed by atoms with Gasteiger partial charge >= 0.3 is 0 Å². The normalized spacial score (nSPS) is 13.9. The van der Waals surface area contributed by atoms with Crippen molar-refractivity contribution in [3.8, 4) is 5.75 Å². The zero-order chi connectivity index (χ0) is 20.5. The highest BCUT2D eigenvalue weighted by atomic mass is 127. The maximum atomic E-state index is 11.9. The highest BCUT2D eigenvalue weighted by molar-refractivity contribution is 14.0. The fourth-order valence-corrected chi connectivity index (χ4v) is 2.84. The molecule has 0 aliphatic carbocycles. The fraction of sp³-hybridized carbons (Fsp3) is 0.455. The van der Waals surface area contributed by atoms with Gasteiger partial charge in [-0.05, 0) is 43.5 Å². The molecule has 0 saturated carbocycles. The molecule has 0 radical (unpaired) electrons. The van der Waals surface area contributed by atoms with E-state index in [0.29, 0.717) is 13.2 Å². The van der Waals surface area contributed by atoms with Crippen molar-refractivity contribution in [1.29, 1.82) is 0 Å². The van der Waals surface area contributed by atoms with Gasteiger partial charge in [0, 0.05) is 33.7 Å². The van der Waals surface area contributed by atoms with Crippen LogP contribution in [0, 0.1) is 0 Å². The van der Waals surface area contributed by atoms with E-state index in [9.17, 15) is 4.79 Å². The van der Waals surface area contributed by atoms with Gasteiger partial charge in [0.25, 0.3) is 0 Å². The lowest BCUT2D eigenvalue weighted by Crippen LogP contribution is -2.44. The molecule has 1 amide bonds. The largest absolute Gasteiger partial charge is 0.494 e. The maximum absolute atomic E-state index is 11.9. The summed E-state index contributed by atoms with van der Waals surface area (Å²) in [6.07, 6.45) is 3.15. The molecule has 1 aliphatic heterocycles. The molecule has 2 rings (SSSR count). The molecule has 7 heteroatoms. The summed E-state index contributed by atoms with van der Waals surface area (Å²) in [6.45, 7) is 10.9. The zero-order valence-electron chi connectivity index (χ0n) is 17.9. The number of hydrogen-bond donors (Lipinski definition) is 1. The Kier molecular flexibility index (Phi) is 10.8. The average molecular weight is 512 g/mol. The van der Waals surface area contributed by atoms with Crippen LogP contribution in [0.4, 0.5) is 0 Å². The molecule has 0 saturated heterocycles. The first-order chi connectivity index (χ1) is 13.4. The van der Waals surface area contributed by atoms with Crippen molar-refractivity contribution in [2.75, 3.05) is 46.9 Å². The first kappa shape index (κ1) is 25.0. The van der Waals surface area contributed by atoms with Crippen LogP contribution in [0.3, 0.4) is 0 Å². The molecule has 0 unspecified atom stereocenters. The lowest BCUT2D eigenvalue weighted by Gasteiger charge is -2.30. The van der Waals surface area contributed by atoms with Gasteiger partial charge in [0.15, 0.2) is 5.96 Å². The zero-order valence-corrected chi connectivity index (χ0v) is 20.2.